The lowest BCUT2D eigenvalue weighted by Gasteiger charge is -2.36. The number of aliphatic hydroxyl groups is 4. The van der Waals surface area contributed by atoms with Gasteiger partial charge in [-0.05, 0) is 31.1 Å². The molecule has 0 saturated carbocycles. The zero-order chi connectivity index (χ0) is 33.1. The van der Waals surface area contributed by atoms with E-state index < -0.39 is 83.1 Å². The molecule has 0 saturated heterocycles. The number of hydrogen-bond acceptors (Lipinski definition) is 10. The van der Waals surface area contributed by atoms with Gasteiger partial charge in [0.1, 0.15) is 5.75 Å². The molecule has 11 heteroatoms. The first-order valence-electron chi connectivity index (χ1n) is 14.1. The predicted octanol–water partition coefficient (Wildman–Crippen LogP) is 2.32. The number of fused-ring (bicyclic) bond motifs is 1. The maximum Gasteiger partial charge on any atom is 0.327 e. The van der Waals surface area contributed by atoms with Gasteiger partial charge < -0.3 is 36.4 Å². The summed E-state index contributed by atoms with van der Waals surface area (Å²) in [6.45, 7) is 10.8. The molecule has 9 atom stereocenters. The number of Topliss-reactive ketones (excluding diaryl/α,β-unsaturated/α-hetero) is 2. The van der Waals surface area contributed by atoms with Gasteiger partial charge >= 0.3 is 5.97 Å². The van der Waals surface area contributed by atoms with Crippen molar-refractivity contribution < 1.29 is 49.8 Å². The van der Waals surface area contributed by atoms with Gasteiger partial charge in [-0.2, -0.15) is 0 Å². The van der Waals surface area contributed by atoms with Crippen LogP contribution in [-0.2, 0) is 4.79 Å². The van der Waals surface area contributed by atoms with E-state index in [1.807, 2.05) is 0 Å². The summed E-state index contributed by atoms with van der Waals surface area (Å²) in [5.74, 6) is -7.31. The SMILES string of the molecule is CC(=C[C@H](C)[C@@H](O)[C@@H](C)[C@@H](O)[C@@H](C)[C@@H](O)[C@@H](C)[C@@H](O)[C@H](C)C=CC(=O)O)C(=O)c1c(O)c(C)cc2c1C(=O)C=C(N)C2=O. The minimum Gasteiger partial charge on any atom is -0.507 e. The van der Waals surface area contributed by atoms with E-state index in [2.05, 4.69) is 0 Å². The number of carbonyl (C=O) groups excluding carboxylic acids is 3. The quantitative estimate of drug-likeness (QED) is 0.129. The van der Waals surface area contributed by atoms with Crippen molar-refractivity contribution in [1.29, 1.82) is 0 Å². The van der Waals surface area contributed by atoms with E-state index in [1.54, 1.807) is 34.6 Å². The summed E-state index contributed by atoms with van der Waals surface area (Å²) < 4.78 is 0. The van der Waals surface area contributed by atoms with Crippen molar-refractivity contribution in [2.45, 2.75) is 72.9 Å². The summed E-state index contributed by atoms with van der Waals surface area (Å²) >= 11 is 0. The molecule has 2 rings (SSSR count). The van der Waals surface area contributed by atoms with Gasteiger partial charge in [0.05, 0.1) is 35.7 Å². The summed E-state index contributed by atoms with van der Waals surface area (Å²) in [5, 5.41) is 63.1. The van der Waals surface area contributed by atoms with E-state index in [0.717, 1.165) is 12.2 Å². The fourth-order valence-electron chi connectivity index (χ4n) is 5.53. The van der Waals surface area contributed by atoms with Crippen LogP contribution in [0.2, 0.25) is 0 Å². The van der Waals surface area contributed by atoms with Crippen LogP contribution in [0, 0.1) is 36.5 Å². The summed E-state index contributed by atoms with van der Waals surface area (Å²) in [6, 6.07) is 1.30. The van der Waals surface area contributed by atoms with Crippen LogP contribution in [0.5, 0.6) is 5.75 Å². The maximum absolute atomic E-state index is 13.5. The highest BCUT2D eigenvalue weighted by Crippen LogP contribution is 2.35. The third-order valence-electron chi connectivity index (χ3n) is 8.48. The minimum atomic E-state index is -1.23. The first kappa shape index (κ1) is 35.6. The highest BCUT2D eigenvalue weighted by Gasteiger charge is 2.38. The topological polar surface area (TPSA) is 216 Å². The number of aryl methyl sites for hydroxylation is 1. The van der Waals surface area contributed by atoms with E-state index in [9.17, 15) is 44.7 Å². The molecule has 236 valence electrons. The van der Waals surface area contributed by atoms with E-state index in [1.165, 1.54) is 32.1 Å². The number of allylic oxidation sites excluding steroid dienone is 3. The molecular weight excluding hydrogens is 558 g/mol. The molecule has 43 heavy (non-hydrogen) atoms. The number of carboxylic acid groups (broad SMARTS) is 1. The largest absolute Gasteiger partial charge is 0.507 e. The molecule has 0 spiro atoms. The highest BCUT2D eigenvalue weighted by atomic mass is 16.4. The van der Waals surface area contributed by atoms with Crippen molar-refractivity contribution in [1.82, 2.24) is 0 Å². The van der Waals surface area contributed by atoms with Crippen LogP contribution < -0.4 is 5.73 Å². The van der Waals surface area contributed by atoms with Crippen LogP contribution in [0.4, 0.5) is 0 Å². The lowest BCUT2D eigenvalue weighted by Crippen LogP contribution is -2.45. The van der Waals surface area contributed by atoms with Crippen molar-refractivity contribution in [3.8, 4) is 5.75 Å². The van der Waals surface area contributed by atoms with Gasteiger partial charge in [0.2, 0.25) is 5.78 Å². The van der Waals surface area contributed by atoms with Crippen molar-refractivity contribution in [2.75, 3.05) is 0 Å². The summed E-state index contributed by atoms with van der Waals surface area (Å²) in [5.41, 5.74) is 4.99. The third-order valence-corrected chi connectivity index (χ3v) is 8.48. The van der Waals surface area contributed by atoms with Crippen LogP contribution in [0.25, 0.3) is 0 Å². The van der Waals surface area contributed by atoms with Crippen LogP contribution >= 0.6 is 0 Å². The Morgan fingerprint density at radius 2 is 1.35 bits per heavy atom. The van der Waals surface area contributed by atoms with Gasteiger partial charge in [-0.15, -0.1) is 0 Å². The molecule has 0 bridgehead atoms. The number of phenolic OH excluding ortho intramolecular Hbond substituents is 1. The number of nitrogens with two attached hydrogens (primary N) is 1. The Hall–Kier alpha value is -3.64. The van der Waals surface area contributed by atoms with Crippen LogP contribution in [-0.4, -0.2) is 78.4 Å². The predicted molar refractivity (Wildman–Crippen MR) is 158 cm³/mol. The van der Waals surface area contributed by atoms with Crippen molar-refractivity contribution in [3.63, 3.8) is 0 Å². The fraction of sp³-hybridized carbons (Fsp3) is 0.500. The Morgan fingerprint density at radius 1 is 0.860 bits per heavy atom. The summed E-state index contributed by atoms with van der Waals surface area (Å²) in [7, 11) is 0. The first-order chi connectivity index (χ1) is 19.8. The monoisotopic (exact) mass is 601 g/mol. The molecule has 0 aromatic heterocycles. The number of ketones is 3. The average Bonchev–Trinajstić information content (AvgIpc) is 2.96. The van der Waals surface area contributed by atoms with E-state index in [4.69, 9.17) is 10.8 Å². The zero-order valence-corrected chi connectivity index (χ0v) is 25.5. The van der Waals surface area contributed by atoms with Crippen molar-refractivity contribution >= 4 is 23.3 Å². The molecule has 0 unspecified atom stereocenters. The number of hydrogen-bond donors (Lipinski definition) is 7. The highest BCUT2D eigenvalue weighted by molar-refractivity contribution is 6.29. The molecular formula is C32H43NO10. The molecule has 0 fully saturated rings. The molecule has 0 heterocycles. The molecule has 1 aromatic carbocycles. The number of benzene rings is 1. The van der Waals surface area contributed by atoms with E-state index in [0.29, 0.717) is 0 Å². The number of aliphatic hydroxyl groups excluding tert-OH is 4. The number of carbonyl (C=O) groups is 4. The van der Waals surface area contributed by atoms with Crippen molar-refractivity contribution in [2.24, 2.45) is 35.3 Å². The molecule has 8 N–H and O–H groups in total. The summed E-state index contributed by atoms with van der Waals surface area (Å²) in [6.07, 6.45) is -0.164. The lowest BCUT2D eigenvalue weighted by molar-refractivity contribution is -0.131. The van der Waals surface area contributed by atoms with Gasteiger partial charge in [0, 0.05) is 52.9 Å². The van der Waals surface area contributed by atoms with Crippen LogP contribution in [0.15, 0.2) is 41.6 Å². The molecule has 1 aliphatic rings. The van der Waals surface area contributed by atoms with Crippen LogP contribution in [0.1, 0.15) is 78.2 Å². The first-order valence-corrected chi connectivity index (χ1v) is 14.1. The van der Waals surface area contributed by atoms with Gasteiger partial charge in [-0.25, -0.2) is 4.79 Å². The number of aliphatic carboxylic acids is 1. The Morgan fingerprint density at radius 3 is 1.86 bits per heavy atom. The Kier molecular flexibility index (Phi) is 11.8. The Bertz CT molecular complexity index is 1360. The Balaban J connectivity index is 2.25. The fourth-order valence-corrected chi connectivity index (χ4v) is 5.53. The molecule has 0 aliphatic heterocycles. The number of phenols is 1. The smallest absolute Gasteiger partial charge is 0.327 e. The average molecular weight is 602 g/mol. The van der Waals surface area contributed by atoms with E-state index in [-0.39, 0.29) is 33.5 Å². The summed E-state index contributed by atoms with van der Waals surface area (Å²) in [4.78, 5) is 49.6. The van der Waals surface area contributed by atoms with Gasteiger partial charge in [0.15, 0.2) is 11.6 Å². The van der Waals surface area contributed by atoms with Gasteiger partial charge in [-0.1, -0.05) is 46.8 Å². The lowest BCUT2D eigenvalue weighted by atomic mass is 9.77. The van der Waals surface area contributed by atoms with Gasteiger partial charge in [-0.3, -0.25) is 14.4 Å². The molecule has 1 aliphatic carbocycles. The normalized spacial score (nSPS) is 20.3. The molecule has 1 aromatic rings. The standard InChI is InChI=1S/C32H43NO10/c1-13(8-9-23(35)36)26(37)17(5)30(41)19(7)31(42)18(6)27(38)14(2)10-15(3)28(39)25-24-20(11-16(4)29(25)40)32(43)21(33)12-22(24)34/h8-14,17-19,26-27,30-31,37-38,40-42H,33H2,1-7H3,(H,35,36)/t13-,14+,17+,18-,19+,26+,27-,30+,31-/m1/s1. The zero-order valence-electron chi connectivity index (χ0n) is 25.5. The Labute approximate surface area is 251 Å². The number of aromatic hydroxyl groups is 1. The second-order valence-electron chi connectivity index (χ2n) is 11.8. The van der Waals surface area contributed by atoms with E-state index >= 15 is 0 Å². The molecule has 0 amide bonds. The molecule has 0 radical (unpaired) electrons. The van der Waals surface area contributed by atoms with Crippen molar-refractivity contribution in [3.05, 3.63) is 63.9 Å². The minimum absolute atomic E-state index is 0.0762. The second kappa shape index (κ2) is 14.2. The van der Waals surface area contributed by atoms with Crippen LogP contribution in [0.3, 0.4) is 0 Å². The molecule has 11 nitrogen and oxygen atoms in total. The van der Waals surface area contributed by atoms with Gasteiger partial charge in [0.25, 0.3) is 0 Å². The second-order valence-corrected chi connectivity index (χ2v) is 11.8. The maximum atomic E-state index is 13.5. The number of rotatable bonds is 13. The number of carboxylic acids is 1. The third kappa shape index (κ3) is 7.66.